The van der Waals surface area contributed by atoms with E-state index in [2.05, 4.69) is 9.71 Å². The molecule has 0 spiro atoms. The van der Waals surface area contributed by atoms with Crippen LogP contribution in [-0.2, 0) is 0 Å². The highest BCUT2D eigenvalue weighted by atomic mass is 32.2. The predicted molar refractivity (Wildman–Crippen MR) is 95.1 cm³/mol. The smallest absolute Gasteiger partial charge is 0.335 e. The molecule has 1 heterocycles. The summed E-state index contributed by atoms with van der Waals surface area (Å²) in [6.45, 7) is 0. The number of carboxylic acid groups (broad SMARTS) is 1. The number of aromatic nitrogens is 1. The van der Waals surface area contributed by atoms with Gasteiger partial charge in [-0.05, 0) is 42.5 Å². The van der Waals surface area contributed by atoms with Crippen molar-refractivity contribution in [2.45, 2.75) is 5.03 Å². The normalized spacial score (nSPS) is 10.2. The second-order valence-corrected chi connectivity index (χ2v) is 6.56. The number of hydrogen-bond acceptors (Lipinski definition) is 6. The maximum Gasteiger partial charge on any atom is 0.335 e. The van der Waals surface area contributed by atoms with Crippen molar-refractivity contribution in [3.05, 3.63) is 64.8 Å². The molecular weight excluding hydrogens is 361 g/mol. The van der Waals surface area contributed by atoms with E-state index in [-0.39, 0.29) is 16.9 Å². The number of carbonyl (C=O) groups is 1. The minimum atomic E-state index is -1.08. The average Bonchev–Trinajstić information content (AvgIpc) is 3.09. The van der Waals surface area contributed by atoms with Gasteiger partial charge in [-0.1, -0.05) is 0 Å². The zero-order chi connectivity index (χ0) is 17.8. The molecule has 0 unspecified atom stereocenters. The number of aromatic carboxylic acids is 1. The van der Waals surface area contributed by atoms with Crippen LogP contribution in [0.5, 0.6) is 0 Å². The van der Waals surface area contributed by atoms with E-state index in [9.17, 15) is 9.18 Å². The lowest BCUT2D eigenvalue weighted by Crippen LogP contribution is -1.99. The Bertz CT molecular complexity index is 965. The largest absolute Gasteiger partial charge is 0.478 e. The molecule has 0 saturated carbocycles. The Labute approximate surface area is 150 Å². The summed E-state index contributed by atoms with van der Waals surface area (Å²) >= 11 is 2.64. The first-order valence-corrected chi connectivity index (χ1v) is 8.68. The van der Waals surface area contributed by atoms with E-state index in [0.717, 1.165) is 10.6 Å². The molecule has 2 aromatic carbocycles. The third-order valence-corrected chi connectivity index (χ3v) is 5.01. The number of rotatable bonds is 5. The van der Waals surface area contributed by atoms with Crippen molar-refractivity contribution in [3.63, 3.8) is 0 Å². The SMILES string of the molecule is N#Cc1cc(C(=O)O)ccc1NSc1csc(-c2ccc(F)cc2)n1. The molecule has 25 heavy (non-hydrogen) atoms. The zero-order valence-electron chi connectivity index (χ0n) is 12.6. The van der Waals surface area contributed by atoms with Gasteiger partial charge in [0.2, 0.25) is 0 Å². The molecule has 5 nitrogen and oxygen atoms in total. The Morgan fingerprint density at radius 3 is 2.72 bits per heavy atom. The first-order chi connectivity index (χ1) is 12.1. The van der Waals surface area contributed by atoms with Crippen molar-refractivity contribution in [1.29, 1.82) is 5.26 Å². The summed E-state index contributed by atoms with van der Waals surface area (Å²) in [5.74, 6) is -1.38. The van der Waals surface area contributed by atoms with Gasteiger partial charge in [-0.2, -0.15) is 5.26 Å². The fourth-order valence-electron chi connectivity index (χ4n) is 2.00. The molecule has 0 aliphatic carbocycles. The molecule has 0 aliphatic rings. The average molecular weight is 371 g/mol. The molecule has 0 fully saturated rings. The van der Waals surface area contributed by atoms with Crippen molar-refractivity contribution < 1.29 is 14.3 Å². The fraction of sp³-hybridized carbons (Fsp3) is 0. The Balaban J connectivity index is 1.73. The summed E-state index contributed by atoms with van der Waals surface area (Å²) in [7, 11) is 0. The lowest BCUT2D eigenvalue weighted by Gasteiger charge is -2.06. The van der Waals surface area contributed by atoms with Crippen molar-refractivity contribution in [2.24, 2.45) is 0 Å². The molecule has 3 aromatic rings. The van der Waals surface area contributed by atoms with E-state index < -0.39 is 5.97 Å². The quantitative estimate of drug-likeness (QED) is 0.636. The lowest BCUT2D eigenvalue weighted by atomic mass is 10.1. The second-order valence-electron chi connectivity index (χ2n) is 4.88. The van der Waals surface area contributed by atoms with Crippen LogP contribution < -0.4 is 4.72 Å². The summed E-state index contributed by atoms with van der Waals surface area (Å²) in [6.07, 6.45) is 0. The number of anilines is 1. The van der Waals surface area contributed by atoms with Gasteiger partial charge in [0.1, 0.15) is 21.9 Å². The van der Waals surface area contributed by atoms with Gasteiger partial charge >= 0.3 is 5.97 Å². The number of benzene rings is 2. The van der Waals surface area contributed by atoms with E-state index in [1.807, 2.05) is 11.4 Å². The van der Waals surface area contributed by atoms with Crippen molar-refractivity contribution >= 4 is 34.9 Å². The third-order valence-electron chi connectivity index (χ3n) is 3.23. The molecule has 0 amide bonds. The van der Waals surface area contributed by atoms with E-state index in [4.69, 9.17) is 10.4 Å². The van der Waals surface area contributed by atoms with Crippen LogP contribution >= 0.6 is 23.3 Å². The van der Waals surface area contributed by atoms with E-state index in [0.29, 0.717) is 10.7 Å². The van der Waals surface area contributed by atoms with Crippen LogP contribution in [0.4, 0.5) is 10.1 Å². The van der Waals surface area contributed by atoms with Gasteiger partial charge in [-0.3, -0.25) is 0 Å². The molecule has 124 valence electrons. The van der Waals surface area contributed by atoms with Crippen LogP contribution in [0.3, 0.4) is 0 Å². The second kappa shape index (κ2) is 7.34. The van der Waals surface area contributed by atoms with Crippen LogP contribution in [-0.4, -0.2) is 16.1 Å². The van der Waals surface area contributed by atoms with Crippen molar-refractivity contribution in [1.82, 2.24) is 4.98 Å². The molecule has 3 rings (SSSR count). The van der Waals surface area contributed by atoms with Gasteiger partial charge in [0.25, 0.3) is 0 Å². The van der Waals surface area contributed by atoms with Gasteiger partial charge in [0.05, 0.1) is 16.8 Å². The van der Waals surface area contributed by atoms with Gasteiger partial charge in [0.15, 0.2) is 0 Å². The molecule has 0 saturated heterocycles. The molecule has 0 radical (unpaired) electrons. The highest BCUT2D eigenvalue weighted by molar-refractivity contribution is 8.00. The standard InChI is InChI=1S/C17H10FN3O2S2/c18-13-4-1-10(2-5-13)16-20-15(9-24-16)25-21-14-6-3-11(17(22)23)7-12(14)8-19/h1-7,9,21H,(H,22,23). The van der Waals surface area contributed by atoms with Crippen LogP contribution in [0, 0.1) is 17.1 Å². The highest BCUT2D eigenvalue weighted by Crippen LogP contribution is 2.30. The van der Waals surface area contributed by atoms with Crippen LogP contribution in [0.25, 0.3) is 10.6 Å². The molecule has 0 atom stereocenters. The number of nitrogens with one attached hydrogen (secondary N) is 1. The zero-order valence-corrected chi connectivity index (χ0v) is 14.2. The Morgan fingerprint density at radius 1 is 1.28 bits per heavy atom. The number of nitriles is 1. The Hall–Kier alpha value is -2.89. The lowest BCUT2D eigenvalue weighted by molar-refractivity contribution is 0.0697. The highest BCUT2D eigenvalue weighted by Gasteiger charge is 2.10. The van der Waals surface area contributed by atoms with Crippen LogP contribution in [0.1, 0.15) is 15.9 Å². The van der Waals surface area contributed by atoms with Gasteiger partial charge in [0, 0.05) is 22.9 Å². The molecule has 2 N–H and O–H groups in total. The maximum absolute atomic E-state index is 13.0. The van der Waals surface area contributed by atoms with E-state index >= 15 is 0 Å². The number of halogens is 1. The maximum atomic E-state index is 13.0. The summed E-state index contributed by atoms with van der Waals surface area (Å²) in [4.78, 5) is 15.4. The monoisotopic (exact) mass is 371 g/mol. The fourth-order valence-corrected chi connectivity index (χ4v) is 3.61. The first-order valence-electron chi connectivity index (χ1n) is 6.98. The summed E-state index contributed by atoms with van der Waals surface area (Å²) in [5, 5.41) is 21.4. The molecular formula is C17H10FN3O2S2. The van der Waals surface area contributed by atoms with Crippen LogP contribution in [0.2, 0.25) is 0 Å². The van der Waals surface area contributed by atoms with Gasteiger partial charge in [-0.25, -0.2) is 14.2 Å². The number of nitrogens with zero attached hydrogens (tertiary/aromatic N) is 2. The number of hydrogen-bond donors (Lipinski definition) is 2. The number of thiazole rings is 1. The predicted octanol–water partition coefficient (Wildman–Crippen LogP) is 4.64. The molecule has 1 aromatic heterocycles. The topological polar surface area (TPSA) is 86.0 Å². The Kier molecular flexibility index (Phi) is 4.97. The Morgan fingerprint density at radius 2 is 2.04 bits per heavy atom. The number of carboxylic acids is 1. The van der Waals surface area contributed by atoms with E-state index in [1.54, 1.807) is 18.2 Å². The van der Waals surface area contributed by atoms with Gasteiger partial charge < -0.3 is 9.83 Å². The first kappa shape index (κ1) is 17.0. The summed E-state index contributed by atoms with van der Waals surface area (Å²) in [6, 6.07) is 12.3. The van der Waals surface area contributed by atoms with Crippen molar-refractivity contribution in [2.75, 3.05) is 4.72 Å². The summed E-state index contributed by atoms with van der Waals surface area (Å²) in [5.41, 5.74) is 1.62. The minimum Gasteiger partial charge on any atom is -0.478 e. The van der Waals surface area contributed by atoms with Crippen molar-refractivity contribution in [3.8, 4) is 16.6 Å². The molecule has 0 aliphatic heterocycles. The molecule has 0 bridgehead atoms. The van der Waals surface area contributed by atoms with Gasteiger partial charge in [-0.15, -0.1) is 11.3 Å². The van der Waals surface area contributed by atoms with E-state index in [1.165, 1.54) is 47.6 Å². The summed E-state index contributed by atoms with van der Waals surface area (Å²) < 4.78 is 16.0. The molecule has 8 heteroatoms. The third kappa shape index (κ3) is 3.96. The minimum absolute atomic E-state index is 0.0550. The van der Waals surface area contributed by atoms with Crippen LogP contribution in [0.15, 0.2) is 52.9 Å².